The topological polar surface area (TPSA) is 49.8 Å². The maximum atomic E-state index is 17.0. The van der Waals surface area contributed by atoms with Gasteiger partial charge in [-0.25, -0.2) is 0 Å². The van der Waals surface area contributed by atoms with Crippen molar-refractivity contribution in [3.05, 3.63) is 118 Å². The molecule has 1 aliphatic heterocycles. The van der Waals surface area contributed by atoms with Crippen LogP contribution in [0.1, 0.15) is 65.5 Å². The maximum Gasteiger partial charge on any atom is 0.295 e. The summed E-state index contributed by atoms with van der Waals surface area (Å²) in [7, 11) is -3.03. The first-order chi connectivity index (χ1) is 23.1. The zero-order valence-electron chi connectivity index (χ0n) is 29.4. The summed E-state index contributed by atoms with van der Waals surface area (Å²) in [6.45, 7) is 12.6. The predicted octanol–water partition coefficient (Wildman–Crippen LogP) is 7.97. The van der Waals surface area contributed by atoms with Gasteiger partial charge in [0.1, 0.15) is 6.29 Å². The Balaban J connectivity index is 1.48. The number of carbonyl (C=O) groups excluding carboxylic acids is 1. The SMILES string of the molecule is CC(C)(O)[C@@H]1C[C@H]1C1(C)c2ccccc2CCN1C1=CC(CO[Si](c2ccccc2)(c2ccccc2)C(C)(C)C)=C(Cl)[C@H](CC=O)C1(F)F. The molecule has 1 fully saturated rings. The molecule has 0 saturated heterocycles. The van der Waals surface area contributed by atoms with Crippen LogP contribution in [0.15, 0.2) is 107 Å². The second-order valence-corrected chi connectivity index (χ2v) is 20.5. The van der Waals surface area contributed by atoms with Crippen LogP contribution >= 0.6 is 11.6 Å². The average Bonchev–Trinajstić information content (AvgIpc) is 3.88. The second-order valence-electron chi connectivity index (χ2n) is 15.7. The highest BCUT2D eigenvalue weighted by Gasteiger charge is 2.62. The van der Waals surface area contributed by atoms with Gasteiger partial charge in [-0.3, -0.25) is 0 Å². The number of halogens is 3. The molecular weight excluding hydrogens is 656 g/mol. The molecule has 49 heavy (non-hydrogen) atoms. The molecule has 1 N–H and O–H groups in total. The van der Waals surface area contributed by atoms with Gasteiger partial charge in [0.25, 0.3) is 14.2 Å². The molecule has 260 valence electrons. The molecule has 0 bridgehead atoms. The zero-order valence-corrected chi connectivity index (χ0v) is 31.1. The Kier molecular flexibility index (Phi) is 9.40. The quantitative estimate of drug-likeness (QED) is 0.172. The van der Waals surface area contributed by atoms with Gasteiger partial charge in [0.05, 0.1) is 29.4 Å². The van der Waals surface area contributed by atoms with Crippen LogP contribution in [-0.2, 0) is 21.2 Å². The lowest BCUT2D eigenvalue weighted by Crippen LogP contribution is -2.66. The van der Waals surface area contributed by atoms with Crippen molar-refractivity contribution in [3.8, 4) is 0 Å². The van der Waals surface area contributed by atoms with E-state index in [-0.39, 0.29) is 34.2 Å². The van der Waals surface area contributed by atoms with E-state index in [0.29, 0.717) is 24.8 Å². The molecule has 3 aromatic rings. The Hall–Kier alpha value is -3.10. The number of carbonyl (C=O) groups is 1. The van der Waals surface area contributed by atoms with Crippen LogP contribution in [-0.4, -0.2) is 49.3 Å². The molecule has 0 amide bonds. The highest BCUT2D eigenvalue weighted by molar-refractivity contribution is 6.99. The Labute approximate surface area is 296 Å². The number of allylic oxidation sites excluding steroid dienone is 2. The van der Waals surface area contributed by atoms with E-state index in [2.05, 4.69) is 51.1 Å². The number of rotatable bonds is 10. The minimum absolute atomic E-state index is 0.0118. The van der Waals surface area contributed by atoms with Crippen molar-refractivity contribution in [2.45, 2.75) is 82.9 Å². The van der Waals surface area contributed by atoms with Crippen LogP contribution in [0.4, 0.5) is 8.78 Å². The average molecular weight is 704 g/mol. The lowest BCUT2D eigenvalue weighted by atomic mass is 9.74. The van der Waals surface area contributed by atoms with Gasteiger partial charge in [0.2, 0.25) is 0 Å². The fraction of sp³-hybridized carbons (Fsp3) is 0.439. The molecule has 3 aromatic carbocycles. The summed E-state index contributed by atoms with van der Waals surface area (Å²) in [5, 5.41) is 12.8. The van der Waals surface area contributed by atoms with E-state index in [1.807, 2.05) is 66.4 Å². The van der Waals surface area contributed by atoms with Gasteiger partial charge in [-0.1, -0.05) is 117 Å². The van der Waals surface area contributed by atoms with Crippen LogP contribution in [0.5, 0.6) is 0 Å². The smallest absolute Gasteiger partial charge is 0.295 e. The summed E-state index contributed by atoms with van der Waals surface area (Å²) in [6.07, 6.45) is 3.00. The number of benzene rings is 3. The van der Waals surface area contributed by atoms with Gasteiger partial charge >= 0.3 is 0 Å². The monoisotopic (exact) mass is 703 g/mol. The molecule has 0 aromatic heterocycles. The van der Waals surface area contributed by atoms with E-state index in [0.717, 1.165) is 27.9 Å². The first-order valence-electron chi connectivity index (χ1n) is 17.3. The van der Waals surface area contributed by atoms with Crippen molar-refractivity contribution in [1.82, 2.24) is 4.90 Å². The molecule has 4 nitrogen and oxygen atoms in total. The van der Waals surface area contributed by atoms with Crippen molar-refractivity contribution in [3.63, 3.8) is 0 Å². The molecule has 3 aliphatic rings. The highest BCUT2D eigenvalue weighted by atomic mass is 35.5. The minimum Gasteiger partial charge on any atom is -0.403 e. The minimum atomic E-state index is -3.41. The fourth-order valence-electron chi connectivity index (χ4n) is 8.76. The van der Waals surface area contributed by atoms with Gasteiger partial charge in [-0.05, 0) is 83.6 Å². The summed E-state index contributed by atoms with van der Waals surface area (Å²) in [4.78, 5) is 13.8. The van der Waals surface area contributed by atoms with Gasteiger partial charge in [-0.2, -0.15) is 8.78 Å². The van der Waals surface area contributed by atoms with Crippen LogP contribution in [0.25, 0.3) is 0 Å². The molecule has 0 spiro atoms. The van der Waals surface area contributed by atoms with E-state index in [9.17, 15) is 9.90 Å². The first kappa shape index (κ1) is 35.7. The van der Waals surface area contributed by atoms with Crippen molar-refractivity contribution in [2.24, 2.45) is 17.8 Å². The van der Waals surface area contributed by atoms with Crippen LogP contribution < -0.4 is 10.4 Å². The highest BCUT2D eigenvalue weighted by Crippen LogP contribution is 2.61. The summed E-state index contributed by atoms with van der Waals surface area (Å²) in [5.41, 5.74) is 0.714. The Bertz CT molecular complexity index is 1710. The first-order valence-corrected chi connectivity index (χ1v) is 19.6. The third kappa shape index (κ3) is 6.05. The van der Waals surface area contributed by atoms with Crippen molar-refractivity contribution in [2.75, 3.05) is 13.2 Å². The maximum absolute atomic E-state index is 17.0. The summed E-state index contributed by atoms with van der Waals surface area (Å²) in [6, 6.07) is 28.4. The molecule has 8 heteroatoms. The summed E-state index contributed by atoms with van der Waals surface area (Å²) in [5.74, 6) is -5.03. The lowest BCUT2D eigenvalue weighted by Gasteiger charge is -2.52. The fourth-order valence-corrected chi connectivity index (χ4v) is 13.6. The lowest BCUT2D eigenvalue weighted by molar-refractivity contribution is -0.112. The summed E-state index contributed by atoms with van der Waals surface area (Å²) >= 11 is 6.94. The van der Waals surface area contributed by atoms with E-state index >= 15 is 8.78 Å². The van der Waals surface area contributed by atoms with Crippen LogP contribution in [0.3, 0.4) is 0 Å². The molecule has 1 heterocycles. The Morgan fingerprint density at radius 1 is 0.959 bits per heavy atom. The number of aliphatic hydroxyl groups is 1. The number of hydrogen-bond donors (Lipinski definition) is 1. The standard InChI is InChI=1S/C41H48ClF2NO3Si/c1-38(2,3)49(30-16-9-7-10-17-30,31-18-11-8-12-19-31)48-27-29-25-36(41(43,44)33(22-24-46)37(29)42)45-23-21-28-15-13-14-20-32(28)40(45,6)35-26-34(35)39(4,5)47/h7-20,24-25,33-35,47H,21-23,26-27H2,1-6H3/t33-,34+,35+,40?/m0/s1. The largest absolute Gasteiger partial charge is 0.403 e. The second kappa shape index (κ2) is 12.9. The molecule has 4 atom stereocenters. The number of nitrogens with zero attached hydrogens (tertiary/aromatic N) is 1. The Morgan fingerprint density at radius 3 is 2.06 bits per heavy atom. The normalized spacial score (nSPS) is 25.5. The van der Waals surface area contributed by atoms with E-state index in [1.54, 1.807) is 19.9 Å². The van der Waals surface area contributed by atoms with Gasteiger partial charge in [-0.15, -0.1) is 0 Å². The van der Waals surface area contributed by atoms with Crippen molar-refractivity contribution in [1.29, 1.82) is 0 Å². The number of aldehydes is 1. The number of hydrogen-bond acceptors (Lipinski definition) is 4. The van der Waals surface area contributed by atoms with Crippen molar-refractivity contribution >= 4 is 36.6 Å². The number of fused-ring (bicyclic) bond motifs is 1. The zero-order chi connectivity index (χ0) is 35.4. The van der Waals surface area contributed by atoms with Gasteiger partial charge in [0, 0.05) is 18.0 Å². The number of alkyl halides is 2. The van der Waals surface area contributed by atoms with Crippen LogP contribution in [0, 0.1) is 17.8 Å². The summed E-state index contributed by atoms with van der Waals surface area (Å²) < 4.78 is 41.2. The van der Waals surface area contributed by atoms with Gasteiger partial charge < -0.3 is 19.2 Å². The van der Waals surface area contributed by atoms with E-state index in [1.165, 1.54) is 0 Å². The molecule has 1 saturated carbocycles. The van der Waals surface area contributed by atoms with Gasteiger partial charge in [0.15, 0.2) is 0 Å². The molecule has 1 unspecified atom stereocenters. The molecule has 2 aliphatic carbocycles. The van der Waals surface area contributed by atoms with E-state index < -0.39 is 37.7 Å². The Morgan fingerprint density at radius 2 is 1.53 bits per heavy atom. The molecule has 0 radical (unpaired) electrons. The molecular formula is C41H48ClF2NO3Si. The van der Waals surface area contributed by atoms with Crippen LogP contribution in [0.2, 0.25) is 5.04 Å². The predicted molar refractivity (Wildman–Crippen MR) is 196 cm³/mol. The molecule has 6 rings (SSSR count). The third-order valence-electron chi connectivity index (χ3n) is 11.3. The third-order valence-corrected chi connectivity index (χ3v) is 16.8. The van der Waals surface area contributed by atoms with E-state index in [4.69, 9.17) is 16.0 Å². The van der Waals surface area contributed by atoms with Crippen molar-refractivity contribution < 1.29 is 23.1 Å².